The smallest absolute Gasteiger partial charge is 0.261 e. The predicted octanol–water partition coefficient (Wildman–Crippen LogP) is 4.99. The molecule has 0 bridgehead atoms. The summed E-state index contributed by atoms with van der Waals surface area (Å²) in [6, 6.07) is 9.43. The summed E-state index contributed by atoms with van der Waals surface area (Å²) in [5.74, 6) is 0.0545. The summed E-state index contributed by atoms with van der Waals surface area (Å²) in [6.45, 7) is 6.48. The monoisotopic (exact) mass is 472 g/mol. The van der Waals surface area contributed by atoms with Gasteiger partial charge in [-0.25, -0.2) is 8.42 Å². The number of carbonyl (C=O) groups is 1. The molecule has 0 radical (unpaired) electrons. The second-order valence-corrected chi connectivity index (χ2v) is 9.61. The molecule has 0 atom stereocenters. The number of benzene rings is 2. The van der Waals surface area contributed by atoms with Crippen molar-refractivity contribution >= 4 is 49.1 Å². The lowest BCUT2D eigenvalue weighted by molar-refractivity contribution is 0.0952. The Morgan fingerprint density at radius 3 is 2.56 bits per heavy atom. The molecule has 27 heavy (non-hydrogen) atoms. The highest BCUT2D eigenvalue weighted by Crippen LogP contribution is 2.27. The van der Waals surface area contributed by atoms with Crippen LogP contribution in [-0.4, -0.2) is 20.9 Å². The molecule has 0 aliphatic heterocycles. The number of anilines is 1. The maximum absolute atomic E-state index is 12.7. The van der Waals surface area contributed by atoms with E-state index < -0.39 is 15.9 Å². The first kappa shape index (κ1) is 21.7. The fourth-order valence-corrected chi connectivity index (χ4v) is 4.11. The lowest BCUT2D eigenvalue weighted by Crippen LogP contribution is -2.26. The van der Waals surface area contributed by atoms with E-state index in [1.807, 2.05) is 13.0 Å². The molecular formula is C19H22BrClN2O3S. The van der Waals surface area contributed by atoms with Gasteiger partial charge in [0.15, 0.2) is 0 Å². The van der Waals surface area contributed by atoms with E-state index in [4.69, 9.17) is 11.6 Å². The third-order valence-electron chi connectivity index (χ3n) is 3.87. The number of rotatable bonds is 7. The van der Waals surface area contributed by atoms with E-state index in [-0.39, 0.29) is 15.5 Å². The second-order valence-electron chi connectivity index (χ2n) is 6.67. The molecule has 0 saturated carbocycles. The second kappa shape index (κ2) is 9.08. The normalized spacial score (nSPS) is 11.5. The van der Waals surface area contributed by atoms with Crippen LogP contribution in [0.15, 0.2) is 45.8 Å². The molecule has 0 heterocycles. The molecule has 0 fully saturated rings. The molecule has 146 valence electrons. The summed E-state index contributed by atoms with van der Waals surface area (Å²) >= 11 is 9.44. The largest absolute Gasteiger partial charge is 0.352 e. The Morgan fingerprint density at radius 2 is 1.89 bits per heavy atom. The number of carbonyl (C=O) groups excluding carboxylic acids is 1. The Bertz CT molecular complexity index is 946. The summed E-state index contributed by atoms with van der Waals surface area (Å²) < 4.78 is 28.7. The van der Waals surface area contributed by atoms with E-state index >= 15 is 0 Å². The van der Waals surface area contributed by atoms with Crippen LogP contribution in [0.4, 0.5) is 5.69 Å². The average molecular weight is 474 g/mol. The molecular weight excluding hydrogens is 452 g/mol. The predicted molar refractivity (Wildman–Crippen MR) is 113 cm³/mol. The third kappa shape index (κ3) is 5.96. The van der Waals surface area contributed by atoms with E-state index in [1.54, 1.807) is 12.1 Å². The highest BCUT2D eigenvalue weighted by molar-refractivity contribution is 9.10. The number of sulfonamides is 1. The lowest BCUT2D eigenvalue weighted by Gasteiger charge is -2.13. The molecule has 2 aromatic carbocycles. The summed E-state index contributed by atoms with van der Waals surface area (Å²) in [4.78, 5) is 12.3. The molecule has 2 rings (SSSR count). The van der Waals surface area contributed by atoms with Gasteiger partial charge in [-0.1, -0.05) is 31.5 Å². The minimum atomic E-state index is -3.88. The SMILES string of the molecule is Cc1ccc(Br)c(NS(=O)(=O)c2ccc(Cl)c(C(=O)NCCC(C)C)c2)c1. The Hall–Kier alpha value is -1.57. The maximum Gasteiger partial charge on any atom is 0.261 e. The van der Waals surface area contributed by atoms with E-state index in [0.717, 1.165) is 12.0 Å². The van der Waals surface area contributed by atoms with Crippen LogP contribution in [0.25, 0.3) is 0 Å². The third-order valence-corrected chi connectivity index (χ3v) is 6.25. The van der Waals surface area contributed by atoms with Gasteiger partial charge in [-0.15, -0.1) is 0 Å². The average Bonchev–Trinajstić information content (AvgIpc) is 2.57. The summed E-state index contributed by atoms with van der Waals surface area (Å²) in [6.07, 6.45) is 0.824. The number of hydrogen-bond acceptors (Lipinski definition) is 3. The fraction of sp³-hybridized carbons (Fsp3) is 0.316. The van der Waals surface area contributed by atoms with Crippen LogP contribution in [-0.2, 0) is 10.0 Å². The van der Waals surface area contributed by atoms with Gasteiger partial charge in [0.05, 0.1) is 21.2 Å². The molecule has 2 N–H and O–H groups in total. The van der Waals surface area contributed by atoms with Crippen LogP contribution < -0.4 is 10.0 Å². The van der Waals surface area contributed by atoms with Crippen molar-refractivity contribution in [3.63, 3.8) is 0 Å². The minimum Gasteiger partial charge on any atom is -0.352 e. The Labute approximate surface area is 173 Å². The van der Waals surface area contributed by atoms with Crippen molar-refractivity contribution in [2.24, 2.45) is 5.92 Å². The van der Waals surface area contributed by atoms with Gasteiger partial charge in [0, 0.05) is 11.0 Å². The fourth-order valence-electron chi connectivity index (χ4n) is 2.34. The van der Waals surface area contributed by atoms with Gasteiger partial charge < -0.3 is 5.32 Å². The van der Waals surface area contributed by atoms with Crippen molar-refractivity contribution in [1.82, 2.24) is 5.32 Å². The van der Waals surface area contributed by atoms with Crippen molar-refractivity contribution in [1.29, 1.82) is 0 Å². The molecule has 0 aliphatic carbocycles. The first-order valence-corrected chi connectivity index (χ1v) is 11.1. The number of hydrogen-bond donors (Lipinski definition) is 2. The highest BCUT2D eigenvalue weighted by Gasteiger charge is 2.20. The van der Waals surface area contributed by atoms with E-state index in [2.05, 4.69) is 39.8 Å². The maximum atomic E-state index is 12.7. The zero-order valence-corrected chi connectivity index (χ0v) is 18.5. The molecule has 0 unspecified atom stereocenters. The van der Waals surface area contributed by atoms with Gasteiger partial charge in [0.25, 0.3) is 15.9 Å². The van der Waals surface area contributed by atoms with Crippen LogP contribution in [0.5, 0.6) is 0 Å². The number of halogens is 2. The standard InChI is InChI=1S/C19H22BrClN2O3S/c1-12(2)8-9-22-19(24)15-11-14(5-7-17(15)21)27(25,26)23-18-10-13(3)4-6-16(18)20/h4-7,10-12,23H,8-9H2,1-3H3,(H,22,24). The summed E-state index contributed by atoms with van der Waals surface area (Å²) in [7, 11) is -3.88. The van der Waals surface area contributed by atoms with Crippen LogP contribution in [0.3, 0.4) is 0 Å². The molecule has 5 nitrogen and oxygen atoms in total. The first-order chi connectivity index (χ1) is 12.6. The van der Waals surface area contributed by atoms with Crippen molar-refractivity contribution in [2.75, 3.05) is 11.3 Å². The van der Waals surface area contributed by atoms with E-state index in [1.165, 1.54) is 18.2 Å². The molecule has 2 aromatic rings. The molecule has 1 amide bonds. The zero-order chi connectivity index (χ0) is 20.2. The van der Waals surface area contributed by atoms with Gasteiger partial charge >= 0.3 is 0 Å². The van der Waals surface area contributed by atoms with Gasteiger partial charge in [-0.05, 0) is 71.1 Å². The Balaban J connectivity index is 2.27. The van der Waals surface area contributed by atoms with Crippen LogP contribution >= 0.6 is 27.5 Å². The summed E-state index contributed by atoms with van der Waals surface area (Å²) in [5.41, 5.74) is 1.47. The van der Waals surface area contributed by atoms with Gasteiger partial charge in [-0.2, -0.15) is 0 Å². The van der Waals surface area contributed by atoms with E-state index in [9.17, 15) is 13.2 Å². The molecule has 0 aliphatic rings. The first-order valence-electron chi connectivity index (χ1n) is 8.47. The van der Waals surface area contributed by atoms with Gasteiger partial charge in [0.2, 0.25) is 0 Å². The minimum absolute atomic E-state index is 0.0330. The van der Waals surface area contributed by atoms with Crippen molar-refractivity contribution in [3.05, 3.63) is 57.0 Å². The van der Waals surface area contributed by atoms with Crippen molar-refractivity contribution < 1.29 is 13.2 Å². The molecule has 0 spiro atoms. The zero-order valence-electron chi connectivity index (χ0n) is 15.3. The summed E-state index contributed by atoms with van der Waals surface area (Å²) in [5, 5.41) is 2.97. The van der Waals surface area contributed by atoms with Crippen molar-refractivity contribution in [2.45, 2.75) is 32.1 Å². The highest BCUT2D eigenvalue weighted by atomic mass is 79.9. The molecule has 8 heteroatoms. The topological polar surface area (TPSA) is 75.3 Å². The van der Waals surface area contributed by atoms with Crippen molar-refractivity contribution in [3.8, 4) is 0 Å². The van der Waals surface area contributed by atoms with Crippen LogP contribution in [0.1, 0.15) is 36.2 Å². The lowest BCUT2D eigenvalue weighted by atomic mass is 10.1. The van der Waals surface area contributed by atoms with Gasteiger partial charge in [0.1, 0.15) is 0 Å². The number of nitrogens with one attached hydrogen (secondary N) is 2. The number of aryl methyl sites for hydroxylation is 1. The quantitative estimate of drug-likeness (QED) is 0.595. The van der Waals surface area contributed by atoms with E-state index in [0.29, 0.717) is 22.6 Å². The Kier molecular flexibility index (Phi) is 7.31. The molecule has 0 aromatic heterocycles. The van der Waals surface area contributed by atoms with Crippen LogP contribution in [0, 0.1) is 12.8 Å². The molecule has 0 saturated heterocycles. The number of amides is 1. The van der Waals surface area contributed by atoms with Gasteiger partial charge in [-0.3, -0.25) is 9.52 Å². The Morgan fingerprint density at radius 1 is 1.19 bits per heavy atom. The van der Waals surface area contributed by atoms with Crippen LogP contribution in [0.2, 0.25) is 5.02 Å².